The average Bonchev–Trinajstić information content (AvgIpc) is 2.30. The highest BCUT2D eigenvalue weighted by Gasteiger charge is 2.06. The van der Waals surface area contributed by atoms with Crippen molar-refractivity contribution in [3.63, 3.8) is 0 Å². The minimum atomic E-state index is 0.934. The fraction of sp³-hybridized carbons (Fsp3) is 0.154. The predicted molar refractivity (Wildman–Crippen MR) is 61.0 cm³/mol. The molecule has 1 aromatic heterocycles. The molecule has 0 radical (unpaired) electrons. The van der Waals surface area contributed by atoms with Crippen LogP contribution in [0.25, 0.3) is 11.1 Å². The fourth-order valence-electron chi connectivity index (χ4n) is 1.68. The lowest BCUT2D eigenvalue weighted by Crippen LogP contribution is -1.90. The van der Waals surface area contributed by atoms with E-state index in [9.17, 15) is 0 Å². The van der Waals surface area contributed by atoms with E-state index in [1.54, 1.807) is 19.5 Å². The highest BCUT2D eigenvalue weighted by molar-refractivity contribution is 5.71. The van der Waals surface area contributed by atoms with Crippen LogP contribution in [0.1, 0.15) is 5.56 Å². The molecule has 2 nitrogen and oxygen atoms in total. The van der Waals surface area contributed by atoms with E-state index in [2.05, 4.69) is 11.1 Å². The molecule has 2 aromatic rings. The van der Waals surface area contributed by atoms with Gasteiger partial charge in [0.15, 0.2) is 0 Å². The number of benzene rings is 1. The lowest BCUT2D eigenvalue weighted by Gasteiger charge is -2.10. The van der Waals surface area contributed by atoms with Crippen LogP contribution in [-0.2, 0) is 0 Å². The Hall–Kier alpha value is -1.83. The number of pyridine rings is 1. The first-order chi connectivity index (χ1) is 7.33. The molecule has 0 amide bonds. The fourth-order valence-corrected chi connectivity index (χ4v) is 1.68. The Labute approximate surface area is 89.6 Å². The monoisotopic (exact) mass is 199 g/mol. The summed E-state index contributed by atoms with van der Waals surface area (Å²) in [5.41, 5.74) is 3.39. The first-order valence-corrected chi connectivity index (χ1v) is 4.87. The zero-order valence-corrected chi connectivity index (χ0v) is 8.90. The summed E-state index contributed by atoms with van der Waals surface area (Å²) in [7, 11) is 1.70. The topological polar surface area (TPSA) is 22.1 Å². The van der Waals surface area contributed by atoms with Crippen molar-refractivity contribution in [1.29, 1.82) is 0 Å². The molecule has 0 aliphatic carbocycles. The molecule has 1 aromatic carbocycles. The van der Waals surface area contributed by atoms with Gasteiger partial charge in [-0.3, -0.25) is 4.98 Å². The van der Waals surface area contributed by atoms with Gasteiger partial charge in [-0.25, -0.2) is 0 Å². The lowest BCUT2D eigenvalue weighted by atomic mass is 10.0. The van der Waals surface area contributed by atoms with Gasteiger partial charge >= 0.3 is 0 Å². The third-order valence-electron chi connectivity index (χ3n) is 2.41. The molecule has 0 bridgehead atoms. The highest BCUT2D eigenvalue weighted by atomic mass is 16.5. The van der Waals surface area contributed by atoms with Gasteiger partial charge in [0.2, 0.25) is 0 Å². The second-order valence-electron chi connectivity index (χ2n) is 3.39. The normalized spacial score (nSPS) is 10.0. The zero-order valence-electron chi connectivity index (χ0n) is 8.90. The van der Waals surface area contributed by atoms with E-state index < -0.39 is 0 Å². The molecule has 76 valence electrons. The summed E-state index contributed by atoms with van der Waals surface area (Å²) in [4.78, 5) is 4.01. The van der Waals surface area contributed by atoms with Gasteiger partial charge in [0.05, 0.1) is 7.11 Å². The van der Waals surface area contributed by atoms with Gasteiger partial charge in [-0.15, -0.1) is 0 Å². The van der Waals surface area contributed by atoms with Crippen molar-refractivity contribution in [3.8, 4) is 16.9 Å². The van der Waals surface area contributed by atoms with Crippen LogP contribution in [0.3, 0.4) is 0 Å². The van der Waals surface area contributed by atoms with Crippen LogP contribution in [0.2, 0.25) is 0 Å². The molecule has 0 saturated heterocycles. The smallest absolute Gasteiger partial charge is 0.129 e. The summed E-state index contributed by atoms with van der Waals surface area (Å²) in [6, 6.07) is 10.1. The number of aryl methyl sites for hydroxylation is 1. The number of ether oxygens (including phenoxy) is 1. The Morgan fingerprint density at radius 3 is 2.47 bits per heavy atom. The first-order valence-electron chi connectivity index (χ1n) is 4.87. The molecular formula is C13H13NO. The van der Waals surface area contributed by atoms with Gasteiger partial charge in [-0.05, 0) is 30.2 Å². The van der Waals surface area contributed by atoms with Gasteiger partial charge in [-0.2, -0.15) is 0 Å². The van der Waals surface area contributed by atoms with Crippen molar-refractivity contribution in [3.05, 3.63) is 48.3 Å². The second-order valence-corrected chi connectivity index (χ2v) is 3.39. The van der Waals surface area contributed by atoms with Crippen LogP contribution in [0, 0.1) is 6.92 Å². The molecule has 0 atom stereocenters. The van der Waals surface area contributed by atoms with E-state index in [0.717, 1.165) is 22.4 Å². The molecular weight excluding hydrogens is 186 g/mol. The maximum absolute atomic E-state index is 5.41. The Balaban J connectivity index is 2.58. The largest absolute Gasteiger partial charge is 0.496 e. The minimum absolute atomic E-state index is 0.934. The summed E-state index contributed by atoms with van der Waals surface area (Å²) in [6.45, 7) is 2.05. The summed E-state index contributed by atoms with van der Waals surface area (Å²) in [5, 5.41) is 0. The lowest BCUT2D eigenvalue weighted by molar-refractivity contribution is 0.413. The number of methoxy groups -OCH3 is 1. The second kappa shape index (κ2) is 4.13. The third kappa shape index (κ3) is 1.84. The molecule has 0 spiro atoms. The van der Waals surface area contributed by atoms with Crippen LogP contribution in [-0.4, -0.2) is 12.1 Å². The van der Waals surface area contributed by atoms with Crippen molar-refractivity contribution in [2.24, 2.45) is 0 Å². The van der Waals surface area contributed by atoms with Crippen LogP contribution in [0.15, 0.2) is 42.7 Å². The molecule has 0 unspecified atom stereocenters. The summed E-state index contributed by atoms with van der Waals surface area (Å²) >= 11 is 0. The highest BCUT2D eigenvalue weighted by Crippen LogP contribution is 2.31. The van der Waals surface area contributed by atoms with Crippen LogP contribution in [0.5, 0.6) is 5.75 Å². The van der Waals surface area contributed by atoms with E-state index >= 15 is 0 Å². The minimum Gasteiger partial charge on any atom is -0.496 e. The van der Waals surface area contributed by atoms with E-state index in [-0.39, 0.29) is 0 Å². The number of para-hydroxylation sites is 1. The SMILES string of the molecule is COc1c(C)cccc1-c1ccncc1. The van der Waals surface area contributed by atoms with E-state index in [4.69, 9.17) is 4.74 Å². The number of hydrogen-bond acceptors (Lipinski definition) is 2. The number of nitrogens with zero attached hydrogens (tertiary/aromatic N) is 1. The Morgan fingerprint density at radius 2 is 1.80 bits per heavy atom. The van der Waals surface area contributed by atoms with Crippen molar-refractivity contribution in [1.82, 2.24) is 4.98 Å². The van der Waals surface area contributed by atoms with Gasteiger partial charge in [0.1, 0.15) is 5.75 Å². The van der Waals surface area contributed by atoms with Gasteiger partial charge in [0.25, 0.3) is 0 Å². The molecule has 2 rings (SSSR count). The zero-order chi connectivity index (χ0) is 10.7. The van der Waals surface area contributed by atoms with Crippen LogP contribution >= 0.6 is 0 Å². The predicted octanol–water partition coefficient (Wildman–Crippen LogP) is 3.07. The summed E-state index contributed by atoms with van der Waals surface area (Å²) in [6.07, 6.45) is 3.58. The molecule has 0 N–H and O–H groups in total. The Morgan fingerprint density at radius 1 is 1.07 bits per heavy atom. The van der Waals surface area contributed by atoms with Crippen molar-refractivity contribution >= 4 is 0 Å². The molecule has 2 heteroatoms. The van der Waals surface area contributed by atoms with Gasteiger partial charge < -0.3 is 4.74 Å². The number of hydrogen-bond donors (Lipinski definition) is 0. The van der Waals surface area contributed by atoms with Crippen LogP contribution in [0.4, 0.5) is 0 Å². The average molecular weight is 199 g/mol. The van der Waals surface area contributed by atoms with Gasteiger partial charge in [-0.1, -0.05) is 18.2 Å². The van der Waals surface area contributed by atoms with Crippen LogP contribution < -0.4 is 4.74 Å². The molecule has 0 aliphatic heterocycles. The van der Waals surface area contributed by atoms with E-state index in [1.165, 1.54) is 0 Å². The quantitative estimate of drug-likeness (QED) is 0.741. The van der Waals surface area contributed by atoms with E-state index in [1.807, 2.05) is 31.2 Å². The van der Waals surface area contributed by atoms with Crippen molar-refractivity contribution in [2.45, 2.75) is 6.92 Å². The number of aromatic nitrogens is 1. The molecule has 0 saturated carbocycles. The summed E-state index contributed by atoms with van der Waals surface area (Å²) in [5.74, 6) is 0.934. The third-order valence-corrected chi connectivity index (χ3v) is 2.41. The maximum Gasteiger partial charge on any atom is 0.129 e. The van der Waals surface area contributed by atoms with Gasteiger partial charge in [0, 0.05) is 18.0 Å². The van der Waals surface area contributed by atoms with Crippen molar-refractivity contribution < 1.29 is 4.74 Å². The summed E-state index contributed by atoms with van der Waals surface area (Å²) < 4.78 is 5.41. The standard InChI is InChI=1S/C13H13NO/c1-10-4-3-5-12(13(10)15-2)11-6-8-14-9-7-11/h3-9H,1-2H3. The maximum atomic E-state index is 5.41. The Kier molecular flexibility index (Phi) is 2.68. The molecule has 1 heterocycles. The number of rotatable bonds is 2. The first kappa shape index (κ1) is 9.71. The Bertz CT molecular complexity index is 451. The molecule has 0 aliphatic rings. The molecule has 0 fully saturated rings. The van der Waals surface area contributed by atoms with E-state index in [0.29, 0.717) is 0 Å². The molecule has 15 heavy (non-hydrogen) atoms. The van der Waals surface area contributed by atoms with Crippen molar-refractivity contribution in [2.75, 3.05) is 7.11 Å².